The third kappa shape index (κ3) is 7.24. The number of nitrogens with zero attached hydrogens (tertiary/aromatic N) is 1. The van der Waals surface area contributed by atoms with E-state index in [0.717, 1.165) is 0 Å². The van der Waals surface area contributed by atoms with Crippen LogP contribution in [-0.2, 0) is 4.79 Å². The van der Waals surface area contributed by atoms with Crippen molar-refractivity contribution in [2.75, 3.05) is 32.8 Å². The second-order valence-corrected chi connectivity index (χ2v) is 3.07. The molecule has 0 radical (unpaired) electrons. The quantitative estimate of drug-likeness (QED) is 0.492. The second kappa shape index (κ2) is 7.24. The van der Waals surface area contributed by atoms with E-state index in [1.807, 2.05) is 0 Å². The van der Waals surface area contributed by atoms with Gasteiger partial charge in [0, 0.05) is 13.1 Å². The van der Waals surface area contributed by atoms with Crippen LogP contribution in [0.1, 0.15) is 0 Å². The molecular weight excluding hydrogens is 225 g/mol. The molecule has 2 N–H and O–H groups in total. The Hall–Kier alpha value is -1.08. The van der Waals surface area contributed by atoms with Crippen LogP contribution in [0.4, 0.5) is 13.2 Å². The van der Waals surface area contributed by atoms with Crippen LogP contribution in [0, 0.1) is 0 Å². The Kier molecular flexibility index (Phi) is 6.75. The highest BCUT2D eigenvalue weighted by Gasteiger charge is 2.32. The molecule has 0 aromatic heterocycles. The average Bonchev–Trinajstić information content (AvgIpc) is 2.15. The van der Waals surface area contributed by atoms with Crippen LogP contribution in [0.5, 0.6) is 0 Å². The third-order valence-corrected chi connectivity index (χ3v) is 1.66. The standard InChI is InChI=1S/C9H15F3N2O2/c1-2-3-13-6-8(16)14(4-5-15)7-9(10,11)12/h2,13,15H,1,3-7H2. The topological polar surface area (TPSA) is 52.6 Å². The molecule has 0 aromatic rings. The van der Waals surface area contributed by atoms with Gasteiger partial charge in [-0.25, -0.2) is 0 Å². The third-order valence-electron chi connectivity index (χ3n) is 1.66. The molecule has 0 aliphatic rings. The Bertz CT molecular complexity index is 231. The number of amides is 1. The van der Waals surface area contributed by atoms with Gasteiger partial charge in [-0.15, -0.1) is 6.58 Å². The van der Waals surface area contributed by atoms with Gasteiger partial charge in [0.15, 0.2) is 0 Å². The molecule has 0 atom stereocenters. The highest BCUT2D eigenvalue weighted by atomic mass is 19.4. The first-order valence-corrected chi connectivity index (χ1v) is 4.67. The van der Waals surface area contributed by atoms with Crippen molar-refractivity contribution in [2.45, 2.75) is 6.18 Å². The van der Waals surface area contributed by atoms with Crippen LogP contribution in [0.2, 0.25) is 0 Å². The molecule has 0 saturated heterocycles. The van der Waals surface area contributed by atoms with Crippen LogP contribution in [-0.4, -0.2) is 54.9 Å². The maximum atomic E-state index is 12.1. The van der Waals surface area contributed by atoms with Gasteiger partial charge >= 0.3 is 6.18 Å². The Morgan fingerprint density at radius 3 is 2.56 bits per heavy atom. The van der Waals surface area contributed by atoms with Crippen molar-refractivity contribution in [3.05, 3.63) is 12.7 Å². The van der Waals surface area contributed by atoms with E-state index in [1.165, 1.54) is 6.08 Å². The van der Waals surface area contributed by atoms with Gasteiger partial charge in [-0.3, -0.25) is 4.79 Å². The van der Waals surface area contributed by atoms with Gasteiger partial charge in [0.2, 0.25) is 5.91 Å². The minimum Gasteiger partial charge on any atom is -0.395 e. The van der Waals surface area contributed by atoms with Crippen LogP contribution < -0.4 is 5.32 Å². The van der Waals surface area contributed by atoms with E-state index in [-0.39, 0.29) is 13.1 Å². The van der Waals surface area contributed by atoms with Crippen LogP contribution >= 0.6 is 0 Å². The maximum Gasteiger partial charge on any atom is 0.406 e. The molecule has 0 spiro atoms. The summed E-state index contributed by atoms with van der Waals surface area (Å²) in [5, 5.41) is 11.2. The molecule has 4 nitrogen and oxygen atoms in total. The number of carbonyl (C=O) groups is 1. The van der Waals surface area contributed by atoms with Gasteiger partial charge in [0.05, 0.1) is 13.2 Å². The highest BCUT2D eigenvalue weighted by molar-refractivity contribution is 5.78. The predicted molar refractivity (Wildman–Crippen MR) is 52.8 cm³/mol. The summed E-state index contributed by atoms with van der Waals surface area (Å²) in [6, 6.07) is 0. The molecule has 7 heteroatoms. The summed E-state index contributed by atoms with van der Waals surface area (Å²) in [5.74, 6) is -0.701. The van der Waals surface area contributed by atoms with Crippen molar-refractivity contribution < 1.29 is 23.1 Å². The summed E-state index contributed by atoms with van der Waals surface area (Å²) in [6.45, 7) is 1.36. The number of carbonyl (C=O) groups excluding carboxylic acids is 1. The van der Waals surface area contributed by atoms with Crippen molar-refractivity contribution >= 4 is 5.91 Å². The molecule has 0 unspecified atom stereocenters. The molecule has 1 amide bonds. The number of nitrogens with one attached hydrogen (secondary N) is 1. The molecular formula is C9H15F3N2O2. The number of hydrogen-bond acceptors (Lipinski definition) is 3. The van der Waals surface area contributed by atoms with Gasteiger partial charge in [0.1, 0.15) is 6.54 Å². The minimum atomic E-state index is -4.46. The normalized spacial score (nSPS) is 11.2. The number of alkyl halides is 3. The fraction of sp³-hybridized carbons (Fsp3) is 0.667. The largest absolute Gasteiger partial charge is 0.406 e. The first kappa shape index (κ1) is 14.9. The van der Waals surface area contributed by atoms with E-state index in [4.69, 9.17) is 5.11 Å². The first-order valence-electron chi connectivity index (χ1n) is 4.67. The smallest absolute Gasteiger partial charge is 0.395 e. The van der Waals surface area contributed by atoms with Crippen LogP contribution in [0.15, 0.2) is 12.7 Å². The van der Waals surface area contributed by atoms with Gasteiger partial charge in [-0.05, 0) is 0 Å². The molecule has 0 fully saturated rings. The zero-order chi connectivity index (χ0) is 12.6. The van der Waals surface area contributed by atoms with E-state index in [2.05, 4.69) is 11.9 Å². The van der Waals surface area contributed by atoms with Crippen LogP contribution in [0.3, 0.4) is 0 Å². The Balaban J connectivity index is 4.18. The summed E-state index contributed by atoms with van der Waals surface area (Å²) < 4.78 is 36.2. The summed E-state index contributed by atoms with van der Waals surface area (Å²) in [6.07, 6.45) is -2.96. The number of rotatable bonds is 7. The van der Waals surface area contributed by atoms with Crippen molar-refractivity contribution in [3.63, 3.8) is 0 Å². The Morgan fingerprint density at radius 2 is 2.12 bits per heavy atom. The number of halogens is 3. The zero-order valence-electron chi connectivity index (χ0n) is 8.76. The minimum absolute atomic E-state index is 0.206. The molecule has 16 heavy (non-hydrogen) atoms. The van der Waals surface area contributed by atoms with Crippen LogP contribution in [0.25, 0.3) is 0 Å². The SMILES string of the molecule is C=CCNCC(=O)N(CCO)CC(F)(F)F. The van der Waals surface area contributed by atoms with E-state index in [1.54, 1.807) is 0 Å². The van der Waals surface area contributed by atoms with Gasteiger partial charge in [0.25, 0.3) is 0 Å². The number of aliphatic hydroxyl groups excluding tert-OH is 1. The van der Waals surface area contributed by atoms with Gasteiger partial charge in [-0.1, -0.05) is 6.08 Å². The lowest BCUT2D eigenvalue weighted by Crippen LogP contribution is -2.44. The number of aliphatic hydroxyl groups is 1. The van der Waals surface area contributed by atoms with Gasteiger partial charge < -0.3 is 15.3 Å². The maximum absolute atomic E-state index is 12.1. The molecule has 0 saturated carbocycles. The van der Waals surface area contributed by atoms with E-state index < -0.39 is 25.2 Å². The fourth-order valence-corrected chi connectivity index (χ4v) is 1.02. The predicted octanol–water partition coefficient (Wildman–Crippen LogP) is 0.145. The lowest BCUT2D eigenvalue weighted by molar-refractivity contribution is -0.161. The first-order chi connectivity index (χ1) is 7.40. The highest BCUT2D eigenvalue weighted by Crippen LogP contribution is 2.16. The lowest BCUT2D eigenvalue weighted by Gasteiger charge is -2.23. The summed E-state index contributed by atoms with van der Waals surface area (Å²) >= 11 is 0. The average molecular weight is 240 g/mol. The summed E-state index contributed by atoms with van der Waals surface area (Å²) in [5.41, 5.74) is 0. The molecule has 94 valence electrons. The Morgan fingerprint density at radius 1 is 1.50 bits per heavy atom. The zero-order valence-corrected chi connectivity index (χ0v) is 8.76. The second-order valence-electron chi connectivity index (χ2n) is 3.07. The monoisotopic (exact) mass is 240 g/mol. The molecule has 0 aromatic carbocycles. The van der Waals surface area contributed by atoms with Crippen molar-refractivity contribution in [2.24, 2.45) is 0 Å². The molecule has 0 heterocycles. The number of hydrogen-bond donors (Lipinski definition) is 2. The Labute approximate surface area is 91.7 Å². The molecule has 0 bridgehead atoms. The van der Waals surface area contributed by atoms with E-state index >= 15 is 0 Å². The van der Waals surface area contributed by atoms with E-state index in [9.17, 15) is 18.0 Å². The lowest BCUT2D eigenvalue weighted by atomic mass is 10.4. The van der Waals surface area contributed by atoms with Gasteiger partial charge in [-0.2, -0.15) is 13.2 Å². The molecule has 0 rings (SSSR count). The van der Waals surface area contributed by atoms with E-state index in [0.29, 0.717) is 11.4 Å². The molecule has 0 aliphatic heterocycles. The van der Waals surface area contributed by atoms with Crippen molar-refractivity contribution in [1.29, 1.82) is 0 Å². The summed E-state index contributed by atoms with van der Waals surface area (Å²) in [4.78, 5) is 11.9. The van der Waals surface area contributed by atoms with Crippen molar-refractivity contribution in [1.82, 2.24) is 10.2 Å². The summed E-state index contributed by atoms with van der Waals surface area (Å²) in [7, 11) is 0. The molecule has 0 aliphatic carbocycles. The van der Waals surface area contributed by atoms with Crippen molar-refractivity contribution in [3.8, 4) is 0 Å². The fourth-order valence-electron chi connectivity index (χ4n) is 1.02.